The minimum Gasteiger partial charge on any atom is -0.394 e. The van der Waals surface area contributed by atoms with E-state index in [-0.39, 0.29) is 42.2 Å². The van der Waals surface area contributed by atoms with E-state index in [4.69, 9.17) is 0 Å². The van der Waals surface area contributed by atoms with Crippen molar-refractivity contribution in [3.05, 3.63) is 58.9 Å². The van der Waals surface area contributed by atoms with E-state index in [0.717, 1.165) is 17.5 Å². The Morgan fingerprint density at radius 2 is 1.79 bits per heavy atom. The number of benzene rings is 1. The lowest BCUT2D eigenvalue weighted by Crippen LogP contribution is -2.35. The first-order chi connectivity index (χ1) is 18.3. The van der Waals surface area contributed by atoms with E-state index in [1.54, 1.807) is 18.2 Å². The number of rotatable bonds is 8. The monoisotopic (exact) mass is 567 g/mol. The van der Waals surface area contributed by atoms with E-state index < -0.39 is 33.9 Å². The second kappa shape index (κ2) is 11.5. The van der Waals surface area contributed by atoms with Gasteiger partial charge in [-0.05, 0) is 66.8 Å². The second-order valence-electron chi connectivity index (χ2n) is 11.2. The molecule has 1 amide bonds. The van der Waals surface area contributed by atoms with Gasteiger partial charge in [-0.3, -0.25) is 14.7 Å². The Kier molecular flexibility index (Phi) is 8.73. The zero-order chi connectivity index (χ0) is 28.5. The maximum Gasteiger partial charge on any atom is 0.391 e. The number of amides is 1. The molecule has 1 aliphatic heterocycles. The van der Waals surface area contributed by atoms with Crippen molar-refractivity contribution >= 4 is 15.7 Å². The molecule has 0 saturated heterocycles. The number of sulfone groups is 1. The number of nitrogens with zero attached hydrogens (tertiary/aromatic N) is 2. The maximum absolute atomic E-state index is 13.1. The SMILES string of the molecule is CC(C)[C@H]1c2ncc(C(=O)N[C@@H](CO)c3ccc(S(C)(=O)=O)cc3)cc2CN1C[C@H]1CC[C@H](C(F)(F)F)CC1. The second-order valence-corrected chi connectivity index (χ2v) is 13.2. The number of aliphatic hydroxyl groups excluding tert-OH is 1. The number of alkyl halides is 3. The van der Waals surface area contributed by atoms with Crippen LogP contribution in [0.25, 0.3) is 0 Å². The summed E-state index contributed by atoms with van der Waals surface area (Å²) in [5, 5.41) is 12.7. The van der Waals surface area contributed by atoms with E-state index in [0.29, 0.717) is 37.1 Å². The molecule has 1 aromatic carbocycles. The predicted octanol–water partition coefficient (Wildman–Crippen LogP) is 4.83. The van der Waals surface area contributed by atoms with Crippen molar-refractivity contribution in [2.24, 2.45) is 17.8 Å². The summed E-state index contributed by atoms with van der Waals surface area (Å²) in [4.78, 5) is 20.1. The number of pyridine rings is 1. The van der Waals surface area contributed by atoms with E-state index >= 15 is 0 Å². The third-order valence-corrected chi connectivity index (χ3v) is 9.07. The highest BCUT2D eigenvalue weighted by Gasteiger charge is 2.42. The first-order valence-electron chi connectivity index (χ1n) is 13.3. The van der Waals surface area contributed by atoms with E-state index in [9.17, 15) is 31.5 Å². The van der Waals surface area contributed by atoms with Gasteiger partial charge in [0.05, 0.1) is 40.8 Å². The molecule has 2 heterocycles. The average Bonchev–Trinajstić information content (AvgIpc) is 3.23. The molecular formula is C28H36F3N3O4S. The van der Waals surface area contributed by atoms with Crippen LogP contribution in [-0.4, -0.2) is 54.9 Å². The summed E-state index contributed by atoms with van der Waals surface area (Å²) in [5.74, 6) is -1.19. The van der Waals surface area contributed by atoms with Crippen LogP contribution in [0.5, 0.6) is 0 Å². The molecule has 11 heteroatoms. The summed E-state index contributed by atoms with van der Waals surface area (Å²) in [6.45, 7) is 5.08. The van der Waals surface area contributed by atoms with Gasteiger partial charge in [-0.15, -0.1) is 0 Å². The Balaban J connectivity index is 1.44. The van der Waals surface area contributed by atoms with Gasteiger partial charge in [0.2, 0.25) is 0 Å². The summed E-state index contributed by atoms with van der Waals surface area (Å²) in [6, 6.07) is 7.09. The van der Waals surface area contributed by atoms with Gasteiger partial charge >= 0.3 is 6.18 Å². The largest absolute Gasteiger partial charge is 0.394 e. The topological polar surface area (TPSA) is 99.6 Å². The molecule has 0 unspecified atom stereocenters. The highest BCUT2D eigenvalue weighted by Crippen LogP contribution is 2.43. The van der Waals surface area contributed by atoms with Gasteiger partial charge in [-0.25, -0.2) is 8.42 Å². The molecule has 1 aromatic heterocycles. The fourth-order valence-electron chi connectivity index (χ4n) is 5.87. The maximum atomic E-state index is 13.1. The summed E-state index contributed by atoms with van der Waals surface area (Å²) in [6.07, 6.45) is -0.0435. The molecule has 0 radical (unpaired) electrons. The quantitative estimate of drug-likeness (QED) is 0.474. The van der Waals surface area contributed by atoms with Crippen LogP contribution >= 0.6 is 0 Å². The lowest BCUT2D eigenvalue weighted by Gasteiger charge is -2.35. The van der Waals surface area contributed by atoms with Crippen LogP contribution in [-0.2, 0) is 16.4 Å². The van der Waals surface area contributed by atoms with Crippen molar-refractivity contribution in [2.75, 3.05) is 19.4 Å². The van der Waals surface area contributed by atoms with Crippen LogP contribution in [0.4, 0.5) is 13.2 Å². The van der Waals surface area contributed by atoms with Crippen molar-refractivity contribution in [2.45, 2.75) is 69.2 Å². The number of fused-ring (bicyclic) bond motifs is 1. The molecule has 39 heavy (non-hydrogen) atoms. The number of nitrogens with one attached hydrogen (secondary N) is 1. The molecule has 0 spiro atoms. The molecule has 1 saturated carbocycles. The summed E-state index contributed by atoms with van der Waals surface area (Å²) < 4.78 is 62.7. The Bertz CT molecular complexity index is 1270. The predicted molar refractivity (Wildman–Crippen MR) is 141 cm³/mol. The molecule has 1 fully saturated rings. The minimum atomic E-state index is -4.12. The Morgan fingerprint density at radius 3 is 2.33 bits per heavy atom. The number of hydrogen-bond acceptors (Lipinski definition) is 6. The average molecular weight is 568 g/mol. The normalized spacial score (nSPS) is 23.0. The van der Waals surface area contributed by atoms with Gasteiger partial charge < -0.3 is 10.4 Å². The molecule has 2 atom stereocenters. The van der Waals surface area contributed by atoms with Gasteiger partial charge in [0, 0.05) is 25.5 Å². The summed E-state index contributed by atoms with van der Waals surface area (Å²) in [5.41, 5.74) is 2.72. The molecule has 0 bridgehead atoms. The van der Waals surface area contributed by atoms with Crippen LogP contribution in [0, 0.1) is 17.8 Å². The number of aliphatic hydroxyl groups is 1. The molecular weight excluding hydrogens is 531 g/mol. The first kappa shape index (κ1) is 29.5. The third kappa shape index (κ3) is 6.81. The molecule has 214 valence electrons. The van der Waals surface area contributed by atoms with Crippen LogP contribution in [0.15, 0.2) is 41.4 Å². The van der Waals surface area contributed by atoms with Gasteiger partial charge in [-0.1, -0.05) is 26.0 Å². The summed E-state index contributed by atoms with van der Waals surface area (Å²) in [7, 11) is -3.36. The molecule has 2 aliphatic rings. The van der Waals surface area contributed by atoms with Crippen molar-refractivity contribution in [3.8, 4) is 0 Å². The Morgan fingerprint density at radius 1 is 1.15 bits per heavy atom. The molecule has 2 aromatic rings. The van der Waals surface area contributed by atoms with E-state index in [1.807, 2.05) is 0 Å². The first-order valence-corrected chi connectivity index (χ1v) is 15.2. The molecule has 7 nitrogen and oxygen atoms in total. The lowest BCUT2D eigenvalue weighted by molar-refractivity contribution is -0.184. The van der Waals surface area contributed by atoms with Crippen molar-refractivity contribution < 1.29 is 31.5 Å². The minimum absolute atomic E-state index is 0.0241. The number of halogens is 3. The fourth-order valence-corrected chi connectivity index (χ4v) is 6.50. The number of aromatic nitrogens is 1. The highest BCUT2D eigenvalue weighted by atomic mass is 32.2. The van der Waals surface area contributed by atoms with Crippen LogP contribution < -0.4 is 5.32 Å². The fraction of sp³-hybridized carbons (Fsp3) is 0.571. The van der Waals surface area contributed by atoms with Gasteiger partial charge in [-0.2, -0.15) is 13.2 Å². The molecule has 2 N–H and O–H groups in total. The third-order valence-electron chi connectivity index (χ3n) is 7.94. The van der Waals surface area contributed by atoms with E-state index in [2.05, 4.69) is 29.0 Å². The number of carbonyl (C=O) groups is 1. The summed E-state index contributed by atoms with van der Waals surface area (Å²) >= 11 is 0. The Labute approximate surface area is 227 Å². The highest BCUT2D eigenvalue weighted by molar-refractivity contribution is 7.90. The zero-order valence-electron chi connectivity index (χ0n) is 22.4. The van der Waals surface area contributed by atoms with Crippen LogP contribution in [0.2, 0.25) is 0 Å². The van der Waals surface area contributed by atoms with Crippen molar-refractivity contribution in [3.63, 3.8) is 0 Å². The van der Waals surface area contributed by atoms with Crippen LogP contribution in [0.1, 0.15) is 78.8 Å². The van der Waals surface area contributed by atoms with Crippen molar-refractivity contribution in [1.82, 2.24) is 15.2 Å². The van der Waals surface area contributed by atoms with Gasteiger partial charge in [0.1, 0.15) is 0 Å². The Hall–Kier alpha value is -2.50. The molecule has 1 aliphatic carbocycles. The zero-order valence-corrected chi connectivity index (χ0v) is 23.2. The lowest BCUT2D eigenvalue weighted by atomic mass is 9.81. The van der Waals surface area contributed by atoms with Gasteiger partial charge in [0.15, 0.2) is 9.84 Å². The number of hydrogen-bond donors (Lipinski definition) is 2. The molecule has 4 rings (SSSR count). The standard InChI is InChI=1S/C28H36F3N3O4S/c1-17(2)26-25-21(15-34(26)14-18-4-8-22(9-5-18)28(29,30)31)12-20(13-32-25)27(36)33-24(16-35)19-6-10-23(11-7-19)39(3,37)38/h6-7,10-13,17-18,22,24,26,35H,4-5,8-9,14-16H2,1-3H3,(H,33,36)/t18-,22-,24-,26-/m0/s1. The van der Waals surface area contributed by atoms with Crippen molar-refractivity contribution in [1.29, 1.82) is 0 Å². The smallest absolute Gasteiger partial charge is 0.391 e. The van der Waals surface area contributed by atoms with E-state index in [1.165, 1.54) is 18.3 Å². The number of carbonyl (C=O) groups excluding carboxylic acids is 1. The van der Waals surface area contributed by atoms with Crippen LogP contribution in [0.3, 0.4) is 0 Å². The van der Waals surface area contributed by atoms with Gasteiger partial charge in [0.25, 0.3) is 5.91 Å².